The fourth-order valence-electron chi connectivity index (χ4n) is 3.36. The van der Waals surface area contributed by atoms with Gasteiger partial charge in [0.2, 0.25) is 0 Å². The van der Waals surface area contributed by atoms with Gasteiger partial charge in [-0.3, -0.25) is 9.88 Å². The molecule has 1 aliphatic rings. The van der Waals surface area contributed by atoms with Gasteiger partial charge in [-0.2, -0.15) is 0 Å². The van der Waals surface area contributed by atoms with Crippen LogP contribution in [0.4, 0.5) is 11.5 Å². The van der Waals surface area contributed by atoms with E-state index in [1.165, 1.54) is 5.56 Å². The molecule has 2 aromatic heterocycles. The average molecular weight is 362 g/mol. The average Bonchev–Trinajstić information content (AvgIpc) is 2.70. The number of nitrogens with zero attached hydrogens (tertiary/aromatic N) is 5. The minimum absolute atomic E-state index is 0.184. The van der Waals surface area contributed by atoms with Crippen LogP contribution in [0.15, 0.2) is 54.9 Å². The highest BCUT2D eigenvalue weighted by Gasteiger charge is 2.21. The van der Waals surface area contributed by atoms with Gasteiger partial charge in [0.05, 0.1) is 11.4 Å². The summed E-state index contributed by atoms with van der Waals surface area (Å²) in [6, 6.07) is 13.1. The molecule has 0 atom stereocenters. The Labute approximate surface area is 158 Å². The number of hydrogen-bond acceptors (Lipinski definition) is 7. The van der Waals surface area contributed by atoms with Crippen LogP contribution in [0.3, 0.4) is 0 Å². The molecule has 27 heavy (non-hydrogen) atoms. The molecule has 0 radical (unpaired) electrons. The number of nitrogens with two attached hydrogens (primary N) is 1. The second-order valence-corrected chi connectivity index (χ2v) is 6.64. The maximum atomic E-state index is 10.1. The van der Waals surface area contributed by atoms with Crippen molar-refractivity contribution in [2.75, 3.05) is 36.8 Å². The molecule has 0 spiro atoms. The molecule has 0 bridgehead atoms. The molecule has 0 unspecified atom stereocenters. The summed E-state index contributed by atoms with van der Waals surface area (Å²) in [5.41, 5.74) is 9.45. The fourth-order valence-corrected chi connectivity index (χ4v) is 3.36. The van der Waals surface area contributed by atoms with E-state index in [-0.39, 0.29) is 5.75 Å². The van der Waals surface area contributed by atoms with E-state index in [0.717, 1.165) is 38.4 Å². The summed E-state index contributed by atoms with van der Waals surface area (Å²) in [4.78, 5) is 8.82. The summed E-state index contributed by atoms with van der Waals surface area (Å²) in [7, 11) is 0. The predicted molar refractivity (Wildman–Crippen MR) is 105 cm³/mol. The number of rotatable bonds is 4. The smallest absolute Gasteiger partial charge is 0.169 e. The number of aromatic hydroxyl groups is 1. The van der Waals surface area contributed by atoms with E-state index in [9.17, 15) is 5.11 Å². The van der Waals surface area contributed by atoms with Crippen LogP contribution in [0.5, 0.6) is 5.75 Å². The van der Waals surface area contributed by atoms with Crippen LogP contribution in [0.1, 0.15) is 5.56 Å². The molecule has 138 valence electrons. The number of nitrogen functional groups attached to an aromatic ring is 1. The van der Waals surface area contributed by atoms with Gasteiger partial charge < -0.3 is 15.7 Å². The summed E-state index contributed by atoms with van der Waals surface area (Å²) < 4.78 is 0. The van der Waals surface area contributed by atoms with Gasteiger partial charge >= 0.3 is 0 Å². The first-order valence-electron chi connectivity index (χ1n) is 8.98. The Morgan fingerprint density at radius 1 is 1.00 bits per heavy atom. The Morgan fingerprint density at radius 2 is 1.81 bits per heavy atom. The van der Waals surface area contributed by atoms with Crippen molar-refractivity contribution in [3.8, 4) is 17.0 Å². The van der Waals surface area contributed by atoms with Gasteiger partial charge in [-0.15, -0.1) is 10.2 Å². The summed E-state index contributed by atoms with van der Waals surface area (Å²) in [5, 5.41) is 18.4. The number of benzene rings is 1. The van der Waals surface area contributed by atoms with Crippen molar-refractivity contribution in [2.24, 2.45) is 0 Å². The van der Waals surface area contributed by atoms with E-state index in [1.54, 1.807) is 18.3 Å². The van der Waals surface area contributed by atoms with E-state index in [2.05, 4.69) is 31.0 Å². The van der Waals surface area contributed by atoms with Crippen LogP contribution in [-0.4, -0.2) is 51.4 Å². The minimum Gasteiger partial charge on any atom is -0.507 e. The molecular formula is C20H22N6O. The Hall–Kier alpha value is -3.19. The molecule has 0 saturated carbocycles. The molecule has 1 aromatic carbocycles. The standard InChI is InChI=1S/C20H22N6O/c21-20-18(12-17(23-24-20)16-5-1-2-6-19(16)27)26-10-8-25(9-11-26)14-15-4-3-7-22-13-15/h1-7,12-13,27H,8-11,14H2,(H2,21,24). The Morgan fingerprint density at radius 3 is 2.56 bits per heavy atom. The van der Waals surface area contributed by atoms with Crippen LogP contribution >= 0.6 is 0 Å². The second-order valence-electron chi connectivity index (χ2n) is 6.64. The largest absolute Gasteiger partial charge is 0.507 e. The lowest BCUT2D eigenvalue weighted by Crippen LogP contribution is -2.46. The van der Waals surface area contributed by atoms with Gasteiger partial charge in [-0.25, -0.2) is 0 Å². The lowest BCUT2D eigenvalue weighted by molar-refractivity contribution is 0.249. The van der Waals surface area contributed by atoms with Gasteiger partial charge in [0, 0.05) is 50.7 Å². The Kier molecular flexibility index (Phi) is 4.84. The third-order valence-corrected chi connectivity index (χ3v) is 4.82. The summed E-state index contributed by atoms with van der Waals surface area (Å²) in [6.07, 6.45) is 3.71. The highest BCUT2D eigenvalue weighted by molar-refractivity contribution is 5.74. The number of pyridine rings is 1. The first-order chi connectivity index (χ1) is 13.2. The van der Waals surface area contributed by atoms with Crippen molar-refractivity contribution in [1.29, 1.82) is 0 Å². The monoisotopic (exact) mass is 362 g/mol. The zero-order valence-corrected chi connectivity index (χ0v) is 15.0. The number of phenolic OH excluding ortho intramolecular Hbond substituents is 1. The zero-order valence-electron chi connectivity index (χ0n) is 15.0. The normalized spacial score (nSPS) is 15.0. The van der Waals surface area contributed by atoms with Crippen molar-refractivity contribution in [2.45, 2.75) is 6.54 Å². The third-order valence-electron chi connectivity index (χ3n) is 4.82. The van der Waals surface area contributed by atoms with Crippen LogP contribution in [0.2, 0.25) is 0 Å². The van der Waals surface area contributed by atoms with E-state index in [1.807, 2.05) is 30.5 Å². The van der Waals surface area contributed by atoms with E-state index in [0.29, 0.717) is 17.1 Å². The summed E-state index contributed by atoms with van der Waals surface area (Å²) in [6.45, 7) is 4.48. The number of anilines is 2. The maximum absolute atomic E-state index is 10.1. The molecule has 0 aliphatic carbocycles. The molecule has 3 heterocycles. The van der Waals surface area contributed by atoms with Gasteiger partial charge in [0.15, 0.2) is 5.82 Å². The second kappa shape index (κ2) is 7.59. The summed E-state index contributed by atoms with van der Waals surface area (Å²) >= 11 is 0. The quantitative estimate of drug-likeness (QED) is 0.735. The van der Waals surface area contributed by atoms with Crippen molar-refractivity contribution in [1.82, 2.24) is 20.1 Å². The van der Waals surface area contributed by atoms with Crippen LogP contribution < -0.4 is 10.6 Å². The van der Waals surface area contributed by atoms with E-state index >= 15 is 0 Å². The van der Waals surface area contributed by atoms with Crippen LogP contribution in [-0.2, 0) is 6.54 Å². The van der Waals surface area contributed by atoms with E-state index in [4.69, 9.17) is 5.73 Å². The fraction of sp³-hybridized carbons (Fsp3) is 0.250. The first-order valence-corrected chi connectivity index (χ1v) is 8.98. The highest BCUT2D eigenvalue weighted by Crippen LogP contribution is 2.31. The minimum atomic E-state index is 0.184. The number of hydrogen-bond donors (Lipinski definition) is 2. The molecule has 1 aliphatic heterocycles. The number of piperazine rings is 1. The molecule has 4 rings (SSSR count). The summed E-state index contributed by atoms with van der Waals surface area (Å²) in [5.74, 6) is 0.596. The third kappa shape index (κ3) is 3.83. The highest BCUT2D eigenvalue weighted by atomic mass is 16.3. The Bertz CT molecular complexity index is 909. The van der Waals surface area contributed by atoms with Crippen molar-refractivity contribution in [3.05, 3.63) is 60.4 Å². The van der Waals surface area contributed by atoms with Crippen LogP contribution in [0, 0.1) is 0 Å². The first kappa shape index (κ1) is 17.2. The lowest BCUT2D eigenvalue weighted by atomic mass is 10.1. The SMILES string of the molecule is Nc1nnc(-c2ccccc2O)cc1N1CCN(Cc2cccnc2)CC1. The maximum Gasteiger partial charge on any atom is 0.169 e. The van der Waals surface area contributed by atoms with Crippen molar-refractivity contribution >= 4 is 11.5 Å². The number of phenols is 1. The zero-order chi connectivity index (χ0) is 18.6. The molecule has 1 saturated heterocycles. The molecule has 7 nitrogen and oxygen atoms in total. The number of para-hydroxylation sites is 1. The Balaban J connectivity index is 1.48. The molecule has 1 fully saturated rings. The molecular weight excluding hydrogens is 340 g/mol. The molecule has 3 N–H and O–H groups in total. The molecule has 7 heteroatoms. The van der Waals surface area contributed by atoms with Crippen molar-refractivity contribution in [3.63, 3.8) is 0 Å². The van der Waals surface area contributed by atoms with E-state index < -0.39 is 0 Å². The molecule has 3 aromatic rings. The number of aromatic nitrogens is 3. The lowest BCUT2D eigenvalue weighted by Gasteiger charge is -2.36. The van der Waals surface area contributed by atoms with Crippen LogP contribution in [0.25, 0.3) is 11.3 Å². The van der Waals surface area contributed by atoms with Gasteiger partial charge in [0.25, 0.3) is 0 Å². The van der Waals surface area contributed by atoms with Crippen molar-refractivity contribution < 1.29 is 5.11 Å². The topological polar surface area (TPSA) is 91.4 Å². The van der Waals surface area contributed by atoms with Gasteiger partial charge in [0.1, 0.15) is 5.75 Å². The van der Waals surface area contributed by atoms with Gasteiger partial charge in [-0.05, 0) is 29.8 Å². The van der Waals surface area contributed by atoms with Gasteiger partial charge in [-0.1, -0.05) is 18.2 Å². The molecule has 0 amide bonds. The predicted octanol–water partition coefficient (Wildman–Crippen LogP) is 2.15.